The average molecular weight is 427 g/mol. The smallest absolute Gasteiger partial charge is 0.426 e. The van der Waals surface area contributed by atoms with E-state index < -0.39 is 35.8 Å². The minimum atomic E-state index is -1.75. The molecule has 0 spiro atoms. The maximum Gasteiger partial charge on any atom is 0.475 e. The van der Waals surface area contributed by atoms with Gasteiger partial charge in [0.15, 0.2) is 0 Å². The van der Waals surface area contributed by atoms with Crippen LogP contribution in [-0.2, 0) is 4.79 Å². The molecule has 0 aliphatic heterocycles. The Morgan fingerprint density at radius 2 is 1.65 bits per heavy atom. The zero-order chi connectivity index (χ0) is 23.0. The van der Waals surface area contributed by atoms with Crippen LogP contribution in [0.4, 0.5) is 5.69 Å². The number of rotatable bonds is 10. The van der Waals surface area contributed by atoms with Gasteiger partial charge in [0.05, 0.1) is 28.9 Å². The second-order valence-electron chi connectivity index (χ2n) is 7.63. The predicted molar refractivity (Wildman–Crippen MR) is 116 cm³/mol. The number of hydrogen-bond acceptors (Lipinski definition) is 6. The monoisotopic (exact) mass is 427 g/mol. The van der Waals surface area contributed by atoms with E-state index in [1.165, 1.54) is 18.2 Å². The zero-order valence-electron chi connectivity index (χ0n) is 17.4. The van der Waals surface area contributed by atoms with E-state index in [0.717, 1.165) is 0 Å². The van der Waals surface area contributed by atoms with Gasteiger partial charge in [-0.3, -0.25) is 19.7 Å². The summed E-state index contributed by atoms with van der Waals surface area (Å²) in [4.78, 5) is 36.2. The van der Waals surface area contributed by atoms with E-state index in [1.807, 2.05) is 13.8 Å². The van der Waals surface area contributed by atoms with E-state index in [9.17, 15) is 29.8 Å². The normalized spacial score (nSPS) is 12.7. The lowest BCUT2D eigenvalue weighted by Crippen LogP contribution is -2.48. The summed E-state index contributed by atoms with van der Waals surface area (Å²) in [5, 5.41) is 35.8. The molecule has 2 aromatic rings. The molecule has 4 N–H and O–H groups in total. The number of nitro groups is 1. The van der Waals surface area contributed by atoms with E-state index in [2.05, 4.69) is 10.6 Å². The van der Waals surface area contributed by atoms with Gasteiger partial charge in [-0.2, -0.15) is 0 Å². The highest BCUT2D eigenvalue weighted by molar-refractivity contribution is 6.43. The van der Waals surface area contributed by atoms with Crippen LogP contribution in [0, 0.1) is 16.0 Å². The first-order chi connectivity index (χ1) is 14.7. The quantitative estimate of drug-likeness (QED) is 0.260. The van der Waals surface area contributed by atoms with Gasteiger partial charge in [-0.15, -0.1) is 0 Å². The third-order valence-corrected chi connectivity index (χ3v) is 4.67. The highest BCUT2D eigenvalue weighted by Gasteiger charge is 2.30. The molecule has 0 saturated heterocycles. The number of amides is 2. The maximum atomic E-state index is 12.7. The topological polar surface area (TPSA) is 142 Å². The number of carbonyl (C=O) groups is 2. The van der Waals surface area contributed by atoms with E-state index >= 15 is 0 Å². The lowest BCUT2D eigenvalue weighted by Gasteiger charge is -2.23. The molecular formula is C21H26BN3O6. The maximum absolute atomic E-state index is 12.7. The first kappa shape index (κ1) is 24.0. The van der Waals surface area contributed by atoms with Gasteiger partial charge in [0.1, 0.15) is 0 Å². The van der Waals surface area contributed by atoms with Gasteiger partial charge in [0.25, 0.3) is 11.6 Å². The fraction of sp³-hybridized carbons (Fsp3) is 0.333. The number of benzene rings is 2. The van der Waals surface area contributed by atoms with Crippen molar-refractivity contribution in [1.82, 2.24) is 10.6 Å². The van der Waals surface area contributed by atoms with Gasteiger partial charge in [-0.05, 0) is 24.5 Å². The molecule has 10 heteroatoms. The Labute approximate surface area is 180 Å². The molecule has 2 aromatic carbocycles. The van der Waals surface area contributed by atoms with Gasteiger partial charge in [-0.25, -0.2) is 0 Å². The summed E-state index contributed by atoms with van der Waals surface area (Å²) in [7, 11) is -1.75. The molecule has 0 saturated carbocycles. The van der Waals surface area contributed by atoms with Crippen LogP contribution in [0.1, 0.15) is 48.7 Å². The number of nitrogens with one attached hydrogen (secondary N) is 2. The molecule has 2 atom stereocenters. The third kappa shape index (κ3) is 7.19. The number of nitro benzene ring substituents is 1. The van der Waals surface area contributed by atoms with E-state index in [-0.39, 0.29) is 23.6 Å². The van der Waals surface area contributed by atoms with Crippen LogP contribution >= 0.6 is 0 Å². The molecule has 2 rings (SSSR count). The zero-order valence-corrected chi connectivity index (χ0v) is 17.4. The van der Waals surface area contributed by atoms with Crippen molar-refractivity contribution in [3.8, 4) is 0 Å². The van der Waals surface area contributed by atoms with Gasteiger partial charge in [-0.1, -0.05) is 50.2 Å². The number of hydrogen-bond donors (Lipinski definition) is 4. The van der Waals surface area contributed by atoms with E-state index in [1.54, 1.807) is 36.4 Å². The van der Waals surface area contributed by atoms with Crippen LogP contribution in [0.15, 0.2) is 54.6 Å². The second-order valence-corrected chi connectivity index (χ2v) is 7.63. The first-order valence-electron chi connectivity index (χ1n) is 9.93. The van der Waals surface area contributed by atoms with Gasteiger partial charge in [0, 0.05) is 11.6 Å². The fourth-order valence-electron chi connectivity index (χ4n) is 3.23. The molecule has 9 nitrogen and oxygen atoms in total. The Hall–Kier alpha value is -3.24. The molecule has 1 unspecified atom stereocenters. The molecule has 2 amide bonds. The summed E-state index contributed by atoms with van der Waals surface area (Å²) in [6.45, 7) is 3.75. The highest BCUT2D eigenvalue weighted by Crippen LogP contribution is 2.27. The second kappa shape index (κ2) is 11.2. The Bertz CT molecular complexity index is 907. The summed E-state index contributed by atoms with van der Waals surface area (Å²) >= 11 is 0. The molecule has 0 heterocycles. The van der Waals surface area contributed by atoms with Gasteiger partial charge < -0.3 is 20.7 Å². The molecule has 0 bridgehead atoms. The standard InChI is InChI=1S/C21H26BN3O6/c1-14(2)12-19(22(28)29)24-20(26)13-17(16-10-6-7-11-18(16)25(30)31)23-21(27)15-8-4-3-5-9-15/h3-11,14,17,19,28-29H,12-13H2,1-2H3,(H,23,27)(H,24,26)/t17?,19-/m0/s1. The molecule has 164 valence electrons. The SMILES string of the molecule is CC(C)C[C@H](NC(=O)CC(NC(=O)c1ccccc1)c1ccccc1[N+](=O)[O-])B(O)O. The Balaban J connectivity index is 2.28. The average Bonchev–Trinajstić information content (AvgIpc) is 2.73. The Morgan fingerprint density at radius 3 is 2.23 bits per heavy atom. The summed E-state index contributed by atoms with van der Waals surface area (Å²) in [6.07, 6.45) is 0.0146. The van der Waals surface area contributed by atoms with Crippen LogP contribution in [0.3, 0.4) is 0 Å². The summed E-state index contributed by atoms with van der Waals surface area (Å²) < 4.78 is 0. The Morgan fingerprint density at radius 1 is 1.03 bits per heavy atom. The van der Waals surface area contributed by atoms with Crippen LogP contribution in [0.5, 0.6) is 0 Å². The highest BCUT2D eigenvalue weighted by atomic mass is 16.6. The van der Waals surface area contributed by atoms with E-state index in [4.69, 9.17) is 0 Å². The van der Waals surface area contributed by atoms with Crippen molar-refractivity contribution >= 4 is 24.6 Å². The Kier molecular flexibility index (Phi) is 8.71. The molecule has 0 fully saturated rings. The van der Waals surface area contributed by atoms with Crippen molar-refractivity contribution in [2.45, 2.75) is 38.7 Å². The number of nitrogens with zero attached hydrogens (tertiary/aromatic N) is 1. The predicted octanol–water partition coefficient (Wildman–Crippen LogP) is 2.00. The lowest BCUT2D eigenvalue weighted by atomic mass is 9.75. The minimum absolute atomic E-state index is 0.0934. The van der Waals surface area contributed by atoms with Crippen LogP contribution in [-0.4, -0.2) is 39.8 Å². The van der Waals surface area contributed by atoms with E-state index in [0.29, 0.717) is 12.0 Å². The first-order valence-corrected chi connectivity index (χ1v) is 9.93. The van der Waals surface area contributed by atoms with Crippen molar-refractivity contribution in [3.63, 3.8) is 0 Å². The molecule has 0 aromatic heterocycles. The third-order valence-electron chi connectivity index (χ3n) is 4.67. The van der Waals surface area contributed by atoms with Crippen molar-refractivity contribution < 1.29 is 24.6 Å². The van der Waals surface area contributed by atoms with Crippen molar-refractivity contribution in [3.05, 3.63) is 75.8 Å². The van der Waals surface area contributed by atoms with Gasteiger partial charge in [0.2, 0.25) is 5.91 Å². The summed E-state index contributed by atoms with van der Waals surface area (Å²) in [5.74, 6) is -1.87. The number of para-hydroxylation sites is 1. The van der Waals surface area contributed by atoms with Crippen LogP contribution < -0.4 is 10.6 Å². The molecule has 0 aliphatic carbocycles. The molecule has 31 heavy (non-hydrogen) atoms. The summed E-state index contributed by atoms with van der Waals surface area (Å²) in [5.41, 5.74) is 0.293. The van der Waals surface area contributed by atoms with Gasteiger partial charge >= 0.3 is 7.12 Å². The van der Waals surface area contributed by atoms with Crippen LogP contribution in [0.25, 0.3) is 0 Å². The molecule has 0 aliphatic rings. The fourth-order valence-corrected chi connectivity index (χ4v) is 3.23. The lowest BCUT2D eigenvalue weighted by molar-refractivity contribution is -0.385. The molecule has 0 radical (unpaired) electrons. The minimum Gasteiger partial charge on any atom is -0.426 e. The summed E-state index contributed by atoms with van der Waals surface area (Å²) in [6, 6.07) is 13.2. The van der Waals surface area contributed by atoms with Crippen LogP contribution in [0.2, 0.25) is 0 Å². The molecular weight excluding hydrogens is 401 g/mol. The van der Waals surface area contributed by atoms with Crippen molar-refractivity contribution in [1.29, 1.82) is 0 Å². The number of carbonyl (C=O) groups excluding carboxylic acids is 2. The van der Waals surface area contributed by atoms with Crippen molar-refractivity contribution in [2.75, 3.05) is 0 Å². The van der Waals surface area contributed by atoms with Crippen molar-refractivity contribution in [2.24, 2.45) is 5.92 Å². The largest absolute Gasteiger partial charge is 0.475 e.